The molecule has 3 aromatic rings. The summed E-state index contributed by atoms with van der Waals surface area (Å²) in [6, 6.07) is 20.2. The quantitative estimate of drug-likeness (QED) is 0.187. The number of hydrogen-bond donors (Lipinski definition) is 1. The van der Waals surface area contributed by atoms with Crippen molar-refractivity contribution in [3.63, 3.8) is 0 Å². The Morgan fingerprint density at radius 2 is 1.37 bits per heavy atom. The van der Waals surface area contributed by atoms with Crippen molar-refractivity contribution in [3.8, 4) is 11.5 Å². The second-order valence-electron chi connectivity index (χ2n) is 11.4. The number of aliphatic hydroxyl groups excluding tert-OH is 1. The maximum absolute atomic E-state index is 11.2. The third-order valence-corrected chi connectivity index (χ3v) is 13.9. The van der Waals surface area contributed by atoms with Gasteiger partial charge in [-0.25, -0.2) is 0 Å². The lowest BCUT2D eigenvalue weighted by atomic mass is 9.93. The van der Waals surface area contributed by atoms with Gasteiger partial charge in [0.1, 0.15) is 17.6 Å². The Labute approximate surface area is 231 Å². The van der Waals surface area contributed by atoms with Crippen molar-refractivity contribution in [2.45, 2.75) is 84.5 Å². The topological polar surface area (TPSA) is 47.9 Å². The van der Waals surface area contributed by atoms with Gasteiger partial charge in [0.25, 0.3) is 8.32 Å². The van der Waals surface area contributed by atoms with Gasteiger partial charge in [-0.05, 0) is 89.0 Å². The van der Waals surface area contributed by atoms with Crippen molar-refractivity contribution in [1.29, 1.82) is 0 Å². The fourth-order valence-electron chi connectivity index (χ4n) is 6.04. The molecule has 0 heterocycles. The molecule has 1 unspecified atom stereocenters. The van der Waals surface area contributed by atoms with Gasteiger partial charge in [0.2, 0.25) is 0 Å². The molecule has 3 rings (SSSR count). The molecule has 0 radical (unpaired) electrons. The van der Waals surface area contributed by atoms with E-state index in [0.717, 1.165) is 28.9 Å². The summed E-state index contributed by atoms with van der Waals surface area (Å²) < 4.78 is 17.9. The molecule has 1 atom stereocenters. The van der Waals surface area contributed by atoms with Gasteiger partial charge in [-0.3, -0.25) is 0 Å². The highest BCUT2D eigenvalue weighted by atomic mass is 28.4. The number of aliphatic hydroxyl groups is 1. The smallest absolute Gasteiger partial charge is 0.258 e. The first-order chi connectivity index (χ1) is 18.0. The maximum atomic E-state index is 11.2. The zero-order chi connectivity index (χ0) is 28.0. The van der Waals surface area contributed by atoms with E-state index in [-0.39, 0.29) is 6.79 Å². The van der Waals surface area contributed by atoms with Crippen LogP contribution >= 0.6 is 0 Å². The summed E-state index contributed by atoms with van der Waals surface area (Å²) in [4.78, 5) is 0. The summed E-state index contributed by atoms with van der Waals surface area (Å²) in [7, 11) is -0.434. The van der Waals surface area contributed by atoms with Gasteiger partial charge in [0.05, 0.1) is 0 Å². The molecule has 0 aliphatic rings. The molecular formula is C33H46O4Si. The number of benzene rings is 3. The first kappa shape index (κ1) is 29.9. The number of hydrogen-bond acceptors (Lipinski definition) is 4. The van der Waals surface area contributed by atoms with Crippen molar-refractivity contribution in [1.82, 2.24) is 0 Å². The van der Waals surface area contributed by atoms with Gasteiger partial charge in [-0.1, -0.05) is 77.9 Å². The van der Waals surface area contributed by atoms with Crippen LogP contribution in [0.15, 0.2) is 60.7 Å². The molecule has 4 nitrogen and oxygen atoms in total. The fourth-order valence-corrected chi connectivity index (χ4v) is 11.3. The van der Waals surface area contributed by atoms with Crippen LogP contribution in [0, 0.1) is 13.8 Å². The second-order valence-corrected chi connectivity index (χ2v) is 16.7. The Balaban J connectivity index is 1.95. The SMILES string of the molecule is COCOc1ccc(Cc2c(C)cc(O[Si](C(C)C)(C(C)C)C(C)C)cc2C)cc1C(O)c1ccccc1. The van der Waals surface area contributed by atoms with Crippen molar-refractivity contribution >= 4 is 8.32 Å². The lowest BCUT2D eigenvalue weighted by molar-refractivity contribution is 0.0487. The largest absolute Gasteiger partial charge is 0.543 e. The van der Waals surface area contributed by atoms with Crippen LogP contribution in [0.2, 0.25) is 16.6 Å². The molecule has 1 N–H and O–H groups in total. The lowest BCUT2D eigenvalue weighted by Gasteiger charge is -2.42. The van der Waals surface area contributed by atoms with E-state index >= 15 is 0 Å². The average molecular weight is 535 g/mol. The molecule has 0 spiro atoms. The van der Waals surface area contributed by atoms with E-state index in [1.165, 1.54) is 16.7 Å². The molecule has 0 aliphatic carbocycles. The monoisotopic (exact) mass is 534 g/mol. The molecule has 0 fully saturated rings. The molecule has 5 heteroatoms. The summed E-state index contributed by atoms with van der Waals surface area (Å²) >= 11 is 0. The molecule has 0 aliphatic heterocycles. The van der Waals surface area contributed by atoms with Crippen molar-refractivity contribution in [2.75, 3.05) is 13.9 Å². The van der Waals surface area contributed by atoms with Crippen LogP contribution in [-0.2, 0) is 11.2 Å². The van der Waals surface area contributed by atoms with Gasteiger partial charge in [0.15, 0.2) is 6.79 Å². The molecule has 3 aromatic carbocycles. The van der Waals surface area contributed by atoms with Crippen molar-refractivity contribution in [2.24, 2.45) is 0 Å². The molecule has 38 heavy (non-hydrogen) atoms. The van der Waals surface area contributed by atoms with E-state index in [1.54, 1.807) is 7.11 Å². The second kappa shape index (κ2) is 13.0. The Hall–Kier alpha value is -2.60. The van der Waals surface area contributed by atoms with Gasteiger partial charge in [-0.2, -0.15) is 0 Å². The van der Waals surface area contributed by atoms with Crippen LogP contribution in [0.4, 0.5) is 0 Å². The van der Waals surface area contributed by atoms with Gasteiger partial charge >= 0.3 is 0 Å². The molecule has 0 aromatic heterocycles. The first-order valence-electron chi connectivity index (χ1n) is 13.8. The average Bonchev–Trinajstić information content (AvgIpc) is 2.87. The Morgan fingerprint density at radius 3 is 1.89 bits per heavy atom. The third kappa shape index (κ3) is 6.51. The van der Waals surface area contributed by atoms with Crippen LogP contribution < -0.4 is 9.16 Å². The van der Waals surface area contributed by atoms with Crippen LogP contribution in [-0.4, -0.2) is 27.3 Å². The maximum Gasteiger partial charge on any atom is 0.258 e. The minimum absolute atomic E-state index is 0.126. The van der Waals surface area contributed by atoms with E-state index in [0.29, 0.717) is 22.4 Å². The first-order valence-corrected chi connectivity index (χ1v) is 15.9. The Morgan fingerprint density at radius 1 is 0.789 bits per heavy atom. The van der Waals surface area contributed by atoms with Crippen molar-refractivity contribution < 1.29 is 19.0 Å². The van der Waals surface area contributed by atoms with Gasteiger partial charge in [0, 0.05) is 12.7 Å². The number of aryl methyl sites for hydroxylation is 2. The molecule has 0 amide bonds. The number of methoxy groups -OCH3 is 1. The Bertz CT molecular complexity index is 1140. The fraction of sp³-hybridized carbons (Fsp3) is 0.455. The van der Waals surface area contributed by atoms with E-state index in [9.17, 15) is 5.11 Å². The third-order valence-electron chi connectivity index (χ3n) is 7.87. The highest BCUT2D eigenvalue weighted by Gasteiger charge is 2.47. The molecular weight excluding hydrogens is 488 g/mol. The van der Waals surface area contributed by atoms with Gasteiger partial charge in [-0.15, -0.1) is 0 Å². The highest BCUT2D eigenvalue weighted by Crippen LogP contribution is 2.43. The summed E-state index contributed by atoms with van der Waals surface area (Å²) in [6.07, 6.45) is -0.0276. The van der Waals surface area contributed by atoms with E-state index < -0.39 is 14.4 Å². The van der Waals surface area contributed by atoms with E-state index in [2.05, 4.69) is 79.7 Å². The van der Waals surface area contributed by atoms with Crippen LogP contribution in [0.3, 0.4) is 0 Å². The summed E-state index contributed by atoms with van der Waals surface area (Å²) in [6.45, 7) is 18.4. The zero-order valence-corrected chi connectivity index (χ0v) is 25.7. The van der Waals surface area contributed by atoms with E-state index in [1.807, 2.05) is 36.4 Å². The minimum atomic E-state index is -2.03. The zero-order valence-electron chi connectivity index (χ0n) is 24.7. The lowest BCUT2D eigenvalue weighted by Crippen LogP contribution is -2.50. The standard InChI is InChI=1S/C33H46O4Si/c1-22(2)38(23(3)4,24(5)6)37-29-17-25(7)30(26(8)18-29)19-27-15-16-32(36-21-35-9)31(20-27)33(34)28-13-11-10-12-14-28/h10-18,20,22-24,33-34H,19,21H2,1-9H3. The molecule has 0 saturated carbocycles. The molecule has 0 bridgehead atoms. The number of ether oxygens (including phenoxy) is 2. The van der Waals surface area contributed by atoms with E-state index in [4.69, 9.17) is 13.9 Å². The van der Waals surface area contributed by atoms with Crippen molar-refractivity contribution in [3.05, 3.63) is 94.0 Å². The predicted octanol–water partition coefficient (Wildman–Crippen LogP) is 8.51. The number of rotatable bonds is 12. The minimum Gasteiger partial charge on any atom is -0.543 e. The molecule has 206 valence electrons. The van der Waals surface area contributed by atoms with Gasteiger partial charge < -0.3 is 19.0 Å². The summed E-state index contributed by atoms with van der Waals surface area (Å²) in [5.74, 6) is 1.62. The molecule has 0 saturated heterocycles. The van der Waals surface area contributed by atoms with Crippen LogP contribution in [0.5, 0.6) is 11.5 Å². The van der Waals surface area contributed by atoms with Crippen LogP contribution in [0.25, 0.3) is 0 Å². The van der Waals surface area contributed by atoms with Crippen LogP contribution in [0.1, 0.15) is 81.0 Å². The Kier molecular flexibility index (Phi) is 10.2. The predicted molar refractivity (Wildman–Crippen MR) is 160 cm³/mol. The normalized spacial score (nSPS) is 12.9. The summed E-state index contributed by atoms with van der Waals surface area (Å²) in [5.41, 5.74) is 8.00. The highest BCUT2D eigenvalue weighted by molar-refractivity contribution is 6.78. The summed E-state index contributed by atoms with van der Waals surface area (Å²) in [5, 5.41) is 11.2.